The molecule has 0 unspecified atom stereocenters. The summed E-state index contributed by atoms with van der Waals surface area (Å²) in [6, 6.07) is 6.65. The lowest BCUT2D eigenvalue weighted by molar-refractivity contribution is -0.135. The van der Waals surface area contributed by atoms with Crippen LogP contribution < -0.4 is 0 Å². The highest BCUT2D eigenvalue weighted by Gasteiger charge is 2.27. The molecular weight excluding hydrogens is 293 g/mol. The SMILES string of the molecule is O=C(CCCc1cn[nH]c1)N1CCCC[C@H]1c1ccc(F)cc1. The molecule has 0 saturated carbocycles. The summed E-state index contributed by atoms with van der Waals surface area (Å²) < 4.78 is 13.1. The van der Waals surface area contributed by atoms with Gasteiger partial charge >= 0.3 is 0 Å². The number of hydrogen-bond acceptors (Lipinski definition) is 2. The number of rotatable bonds is 5. The number of carbonyl (C=O) groups is 1. The normalized spacial score (nSPS) is 18.1. The number of amides is 1. The maximum atomic E-state index is 13.1. The Morgan fingerprint density at radius 2 is 2.13 bits per heavy atom. The fourth-order valence-electron chi connectivity index (χ4n) is 3.26. The van der Waals surface area contributed by atoms with E-state index in [1.54, 1.807) is 18.3 Å². The van der Waals surface area contributed by atoms with E-state index in [0.717, 1.165) is 49.8 Å². The van der Waals surface area contributed by atoms with E-state index >= 15 is 0 Å². The molecule has 1 fully saturated rings. The highest BCUT2D eigenvalue weighted by atomic mass is 19.1. The molecule has 1 aliphatic rings. The van der Waals surface area contributed by atoms with Crippen molar-refractivity contribution in [2.75, 3.05) is 6.54 Å². The lowest BCUT2D eigenvalue weighted by Gasteiger charge is -2.36. The van der Waals surface area contributed by atoms with Gasteiger partial charge in [-0.2, -0.15) is 5.10 Å². The average molecular weight is 315 g/mol. The molecule has 3 rings (SSSR count). The number of piperidine rings is 1. The number of likely N-dealkylation sites (tertiary alicyclic amines) is 1. The Labute approximate surface area is 135 Å². The fourth-order valence-corrected chi connectivity index (χ4v) is 3.26. The number of nitrogens with zero attached hydrogens (tertiary/aromatic N) is 2. The van der Waals surface area contributed by atoms with Gasteiger partial charge in [0.1, 0.15) is 5.82 Å². The Hall–Kier alpha value is -2.17. The minimum absolute atomic E-state index is 0.0887. The van der Waals surface area contributed by atoms with Crippen LogP contribution >= 0.6 is 0 Å². The largest absolute Gasteiger partial charge is 0.336 e. The van der Waals surface area contributed by atoms with Crippen LogP contribution in [-0.4, -0.2) is 27.5 Å². The summed E-state index contributed by atoms with van der Waals surface area (Å²) in [6.45, 7) is 0.798. The number of nitrogens with one attached hydrogen (secondary N) is 1. The number of aryl methyl sites for hydroxylation is 1. The Bertz CT molecular complexity index is 624. The molecule has 1 amide bonds. The van der Waals surface area contributed by atoms with E-state index in [-0.39, 0.29) is 17.8 Å². The third-order valence-corrected chi connectivity index (χ3v) is 4.49. The number of aromatic nitrogens is 2. The van der Waals surface area contributed by atoms with Crippen LogP contribution in [0, 0.1) is 5.82 Å². The van der Waals surface area contributed by atoms with Crippen molar-refractivity contribution in [3.05, 3.63) is 53.6 Å². The van der Waals surface area contributed by atoms with E-state index in [1.807, 2.05) is 11.1 Å². The molecule has 0 radical (unpaired) electrons. The first-order chi connectivity index (χ1) is 11.2. The second-order valence-electron chi connectivity index (χ2n) is 6.11. The van der Waals surface area contributed by atoms with Crippen molar-refractivity contribution < 1.29 is 9.18 Å². The minimum Gasteiger partial charge on any atom is -0.336 e. The lowest BCUT2D eigenvalue weighted by atomic mass is 9.94. The van der Waals surface area contributed by atoms with Crippen molar-refractivity contribution >= 4 is 5.91 Å². The van der Waals surface area contributed by atoms with Gasteiger partial charge in [-0.15, -0.1) is 0 Å². The summed E-state index contributed by atoms with van der Waals surface area (Å²) >= 11 is 0. The summed E-state index contributed by atoms with van der Waals surface area (Å²) in [6.07, 6.45) is 9.01. The monoisotopic (exact) mass is 315 g/mol. The van der Waals surface area contributed by atoms with Crippen molar-refractivity contribution in [3.63, 3.8) is 0 Å². The zero-order valence-corrected chi connectivity index (χ0v) is 13.2. The Kier molecular flexibility index (Phi) is 5.05. The smallest absolute Gasteiger partial charge is 0.223 e. The first-order valence-electron chi connectivity index (χ1n) is 8.26. The summed E-state index contributed by atoms with van der Waals surface area (Å²) in [5.41, 5.74) is 2.17. The van der Waals surface area contributed by atoms with Crippen LogP contribution in [0.3, 0.4) is 0 Å². The number of hydrogen-bond donors (Lipinski definition) is 1. The van der Waals surface area contributed by atoms with Crippen molar-refractivity contribution in [1.29, 1.82) is 0 Å². The molecule has 4 nitrogen and oxygen atoms in total. The van der Waals surface area contributed by atoms with E-state index < -0.39 is 0 Å². The number of carbonyl (C=O) groups excluding carboxylic acids is 1. The van der Waals surface area contributed by atoms with E-state index in [1.165, 1.54) is 12.1 Å². The van der Waals surface area contributed by atoms with Crippen LogP contribution in [0.1, 0.15) is 49.3 Å². The second kappa shape index (κ2) is 7.40. The molecule has 1 atom stereocenters. The molecule has 0 aliphatic carbocycles. The highest BCUT2D eigenvalue weighted by molar-refractivity contribution is 5.76. The minimum atomic E-state index is -0.234. The quantitative estimate of drug-likeness (QED) is 0.916. The van der Waals surface area contributed by atoms with Crippen LogP contribution in [0.25, 0.3) is 0 Å². The number of halogens is 1. The zero-order chi connectivity index (χ0) is 16.1. The first-order valence-corrected chi connectivity index (χ1v) is 8.26. The number of aromatic amines is 1. The topological polar surface area (TPSA) is 49.0 Å². The van der Waals surface area contributed by atoms with E-state index in [0.29, 0.717) is 6.42 Å². The van der Waals surface area contributed by atoms with Crippen molar-refractivity contribution in [2.24, 2.45) is 0 Å². The van der Waals surface area contributed by atoms with Gasteiger partial charge in [0.25, 0.3) is 0 Å². The molecule has 1 aromatic carbocycles. The number of benzene rings is 1. The standard InChI is InChI=1S/C18H22FN3O/c19-16-9-7-15(8-10-16)17-5-1-2-11-22(17)18(23)6-3-4-14-12-20-21-13-14/h7-10,12-13,17H,1-6,11H2,(H,20,21)/t17-/m0/s1. The van der Waals surface area contributed by atoms with Gasteiger partial charge < -0.3 is 4.90 Å². The van der Waals surface area contributed by atoms with Crippen LogP contribution in [-0.2, 0) is 11.2 Å². The maximum absolute atomic E-state index is 13.1. The van der Waals surface area contributed by atoms with Crippen molar-refractivity contribution in [3.8, 4) is 0 Å². The van der Waals surface area contributed by atoms with E-state index in [4.69, 9.17) is 0 Å². The predicted octanol–water partition coefficient (Wildman–Crippen LogP) is 3.63. The molecule has 122 valence electrons. The third-order valence-electron chi connectivity index (χ3n) is 4.49. The highest BCUT2D eigenvalue weighted by Crippen LogP contribution is 2.31. The van der Waals surface area contributed by atoms with Gasteiger partial charge in [-0.25, -0.2) is 4.39 Å². The van der Waals surface area contributed by atoms with Crippen molar-refractivity contribution in [2.45, 2.75) is 44.6 Å². The summed E-state index contributed by atoms with van der Waals surface area (Å²) in [5, 5.41) is 6.71. The number of H-pyrrole nitrogens is 1. The van der Waals surface area contributed by atoms with Gasteiger partial charge in [0.15, 0.2) is 0 Å². The summed E-state index contributed by atoms with van der Waals surface area (Å²) in [5.74, 6) is -0.0370. The second-order valence-corrected chi connectivity index (χ2v) is 6.11. The molecule has 2 aromatic rings. The van der Waals surface area contributed by atoms with Crippen LogP contribution in [0.5, 0.6) is 0 Å². The third kappa shape index (κ3) is 3.97. The molecule has 1 saturated heterocycles. The van der Waals surface area contributed by atoms with Gasteiger partial charge in [-0.05, 0) is 55.4 Å². The Balaban J connectivity index is 1.61. The van der Waals surface area contributed by atoms with Crippen LogP contribution in [0.15, 0.2) is 36.7 Å². The lowest BCUT2D eigenvalue weighted by Crippen LogP contribution is -2.38. The summed E-state index contributed by atoms with van der Waals surface area (Å²) in [7, 11) is 0. The van der Waals surface area contributed by atoms with Gasteiger partial charge in [0, 0.05) is 19.2 Å². The molecule has 0 spiro atoms. The van der Waals surface area contributed by atoms with Crippen LogP contribution in [0.4, 0.5) is 4.39 Å². The van der Waals surface area contributed by atoms with Gasteiger partial charge in [-0.3, -0.25) is 9.89 Å². The molecule has 2 heterocycles. The average Bonchev–Trinajstić information content (AvgIpc) is 3.09. The molecule has 5 heteroatoms. The fraction of sp³-hybridized carbons (Fsp3) is 0.444. The van der Waals surface area contributed by atoms with Gasteiger partial charge in [0.2, 0.25) is 5.91 Å². The molecule has 23 heavy (non-hydrogen) atoms. The first kappa shape index (κ1) is 15.7. The van der Waals surface area contributed by atoms with Gasteiger partial charge in [-0.1, -0.05) is 12.1 Å². The summed E-state index contributed by atoms with van der Waals surface area (Å²) in [4.78, 5) is 14.6. The maximum Gasteiger partial charge on any atom is 0.223 e. The zero-order valence-electron chi connectivity index (χ0n) is 13.2. The van der Waals surface area contributed by atoms with Crippen molar-refractivity contribution in [1.82, 2.24) is 15.1 Å². The van der Waals surface area contributed by atoms with E-state index in [9.17, 15) is 9.18 Å². The molecule has 0 bridgehead atoms. The Morgan fingerprint density at radius 1 is 1.30 bits per heavy atom. The van der Waals surface area contributed by atoms with Crippen LogP contribution in [0.2, 0.25) is 0 Å². The van der Waals surface area contributed by atoms with Gasteiger partial charge in [0.05, 0.1) is 12.2 Å². The molecular formula is C18H22FN3O. The van der Waals surface area contributed by atoms with E-state index in [2.05, 4.69) is 10.2 Å². The molecule has 1 N–H and O–H groups in total. The molecule has 1 aromatic heterocycles. The Morgan fingerprint density at radius 3 is 2.87 bits per heavy atom. The predicted molar refractivity (Wildman–Crippen MR) is 86.2 cm³/mol. The molecule has 1 aliphatic heterocycles.